The third kappa shape index (κ3) is 7.93. The molecule has 0 saturated carbocycles. The average Bonchev–Trinajstić information content (AvgIpc) is 2.97. The number of nitrogens with zero attached hydrogens (tertiary/aromatic N) is 3. The summed E-state index contributed by atoms with van der Waals surface area (Å²) in [6, 6.07) is 12.3. The second kappa shape index (κ2) is 13.9. The maximum Gasteiger partial charge on any atom is 0.237 e. The van der Waals surface area contributed by atoms with E-state index in [9.17, 15) is 9.59 Å². The Morgan fingerprint density at radius 1 is 0.930 bits per heavy atom. The van der Waals surface area contributed by atoms with Gasteiger partial charge in [-0.2, -0.15) is 0 Å². The van der Waals surface area contributed by atoms with E-state index in [-0.39, 0.29) is 11.8 Å². The molecular weight excluding hydrogens is 583 g/mol. The smallest absolute Gasteiger partial charge is 0.237 e. The lowest BCUT2D eigenvalue weighted by Crippen LogP contribution is -2.60. The number of benzene rings is 2. The van der Waals surface area contributed by atoms with Gasteiger partial charge in [0.25, 0.3) is 0 Å². The molecule has 2 amide bonds. The zero-order chi connectivity index (χ0) is 31.5. The van der Waals surface area contributed by atoms with Crippen molar-refractivity contribution in [3.8, 4) is 0 Å². The Hall–Kier alpha value is -2.16. The molecule has 0 aromatic heterocycles. The number of ether oxygens (including phenoxy) is 1. The fraction of sp³-hybridized carbons (Fsp3) is 0.588. The van der Waals surface area contributed by atoms with Gasteiger partial charge in [0, 0.05) is 39.3 Å². The zero-order valence-corrected chi connectivity index (χ0v) is 28.1. The van der Waals surface area contributed by atoms with Gasteiger partial charge in [-0.25, -0.2) is 0 Å². The molecule has 7 nitrogen and oxygen atoms in total. The number of amides is 2. The second-order valence-electron chi connectivity index (χ2n) is 13.3. The molecular formula is C34H48Cl2N4O3. The van der Waals surface area contributed by atoms with Crippen molar-refractivity contribution in [3.05, 3.63) is 68.7 Å². The molecule has 2 heterocycles. The second-order valence-corrected chi connectivity index (χ2v) is 14.1. The van der Waals surface area contributed by atoms with Gasteiger partial charge in [-0.15, -0.1) is 0 Å². The lowest BCUT2D eigenvalue weighted by Gasteiger charge is -2.46. The van der Waals surface area contributed by atoms with Crippen molar-refractivity contribution >= 4 is 35.0 Å². The fourth-order valence-corrected chi connectivity index (χ4v) is 6.37. The number of carbonyl (C=O) groups is 2. The van der Waals surface area contributed by atoms with Crippen LogP contribution in [0.3, 0.4) is 0 Å². The number of halogens is 2. The summed E-state index contributed by atoms with van der Waals surface area (Å²) < 4.78 is 6.58. The summed E-state index contributed by atoms with van der Waals surface area (Å²) in [5, 5.41) is 0.961. The highest BCUT2D eigenvalue weighted by molar-refractivity contribution is 6.42. The van der Waals surface area contributed by atoms with E-state index in [4.69, 9.17) is 33.7 Å². The largest absolute Gasteiger partial charge is 0.368 e. The summed E-state index contributed by atoms with van der Waals surface area (Å²) in [5.41, 5.74) is 8.79. The number of hydrogen-bond donors (Lipinski definition) is 1. The normalized spacial score (nSPS) is 20.7. The maximum atomic E-state index is 13.8. The van der Waals surface area contributed by atoms with Crippen LogP contribution in [0.2, 0.25) is 10.0 Å². The van der Waals surface area contributed by atoms with Gasteiger partial charge in [0.15, 0.2) is 0 Å². The van der Waals surface area contributed by atoms with Crippen molar-refractivity contribution in [3.63, 3.8) is 0 Å². The van der Waals surface area contributed by atoms with E-state index in [1.165, 1.54) is 11.1 Å². The molecule has 2 N–H and O–H groups in total. The number of rotatable bonds is 10. The standard InChI is InChI=1S/C34H48Cl2N4O3/c1-23(2)26-17-25(18-27(20-26)24(3)4)19-31(41)39-15-16-43-34(22-39,28-7-8-29(35)30(36)21-28)9-10-38-11-13-40(14-12-38)33(5,6)32(37)42/h7-8,17-18,20-21,23-24H,9-16,19,22H2,1-6H3,(H2,37,42). The van der Waals surface area contributed by atoms with Gasteiger partial charge in [0.05, 0.1) is 35.2 Å². The fourth-order valence-electron chi connectivity index (χ4n) is 6.07. The molecule has 2 aliphatic heterocycles. The predicted molar refractivity (Wildman–Crippen MR) is 175 cm³/mol. The van der Waals surface area contributed by atoms with Gasteiger partial charge in [-0.3, -0.25) is 14.5 Å². The highest BCUT2D eigenvalue weighted by atomic mass is 35.5. The molecule has 2 fully saturated rings. The van der Waals surface area contributed by atoms with Crippen LogP contribution in [0.25, 0.3) is 0 Å². The van der Waals surface area contributed by atoms with Gasteiger partial charge in [-0.05, 0) is 66.5 Å². The van der Waals surface area contributed by atoms with Crippen molar-refractivity contribution < 1.29 is 14.3 Å². The third-order valence-electron chi connectivity index (χ3n) is 9.31. The van der Waals surface area contributed by atoms with Crippen LogP contribution in [0.5, 0.6) is 0 Å². The first-order chi connectivity index (χ1) is 20.2. The molecule has 236 valence electrons. The number of morpholine rings is 1. The van der Waals surface area contributed by atoms with Gasteiger partial charge >= 0.3 is 0 Å². The summed E-state index contributed by atoms with van der Waals surface area (Å²) in [7, 11) is 0. The van der Waals surface area contributed by atoms with Crippen LogP contribution in [-0.4, -0.2) is 84.5 Å². The lowest BCUT2D eigenvalue weighted by molar-refractivity contribution is -0.154. The molecule has 0 bridgehead atoms. The third-order valence-corrected chi connectivity index (χ3v) is 10.0. The molecule has 0 spiro atoms. The van der Waals surface area contributed by atoms with Gasteiger partial charge < -0.3 is 20.3 Å². The molecule has 2 aliphatic rings. The van der Waals surface area contributed by atoms with E-state index in [0.29, 0.717) is 54.4 Å². The number of carbonyl (C=O) groups excluding carboxylic acids is 2. The predicted octanol–water partition coefficient (Wildman–Crippen LogP) is 5.81. The first-order valence-corrected chi connectivity index (χ1v) is 16.3. The Balaban J connectivity index is 1.52. The van der Waals surface area contributed by atoms with E-state index in [1.807, 2.05) is 30.9 Å². The summed E-state index contributed by atoms with van der Waals surface area (Å²) >= 11 is 12.8. The van der Waals surface area contributed by atoms with Gasteiger partial charge in [0.1, 0.15) is 5.60 Å². The first-order valence-electron chi connectivity index (χ1n) is 15.5. The monoisotopic (exact) mass is 630 g/mol. The van der Waals surface area contributed by atoms with E-state index in [1.54, 1.807) is 6.07 Å². The SMILES string of the molecule is CC(C)c1cc(CC(=O)N2CCOC(CCN3CCN(C(C)(C)C(N)=O)CC3)(c3ccc(Cl)c(Cl)c3)C2)cc(C(C)C)c1. The van der Waals surface area contributed by atoms with Crippen LogP contribution in [0, 0.1) is 0 Å². The molecule has 1 atom stereocenters. The molecule has 2 saturated heterocycles. The number of nitrogens with two attached hydrogens (primary N) is 1. The molecule has 1 unspecified atom stereocenters. The summed E-state index contributed by atoms with van der Waals surface area (Å²) in [6.45, 7) is 17.9. The highest BCUT2D eigenvalue weighted by Crippen LogP contribution is 2.37. The number of hydrogen-bond acceptors (Lipinski definition) is 5. The summed E-state index contributed by atoms with van der Waals surface area (Å²) in [5.74, 6) is 0.575. The van der Waals surface area contributed by atoms with Crippen molar-refractivity contribution in [2.75, 3.05) is 52.4 Å². The van der Waals surface area contributed by atoms with Crippen LogP contribution >= 0.6 is 23.2 Å². The minimum atomic E-state index is -0.714. The Labute approximate surface area is 267 Å². The quantitative estimate of drug-likeness (QED) is 0.358. The topological polar surface area (TPSA) is 79.1 Å². The van der Waals surface area contributed by atoms with E-state index in [0.717, 1.165) is 43.9 Å². The number of primary amides is 1. The van der Waals surface area contributed by atoms with Gasteiger partial charge in [-0.1, -0.05) is 75.2 Å². The average molecular weight is 632 g/mol. The minimum Gasteiger partial charge on any atom is -0.368 e. The van der Waals surface area contributed by atoms with Crippen molar-refractivity contribution in [1.29, 1.82) is 0 Å². The Morgan fingerprint density at radius 2 is 1.56 bits per heavy atom. The van der Waals surface area contributed by atoms with Crippen LogP contribution in [0.15, 0.2) is 36.4 Å². The van der Waals surface area contributed by atoms with E-state index >= 15 is 0 Å². The molecule has 2 aromatic rings. The molecule has 2 aromatic carbocycles. The molecule has 4 rings (SSSR count). The van der Waals surface area contributed by atoms with Crippen LogP contribution in [0.1, 0.15) is 82.1 Å². The lowest BCUT2D eigenvalue weighted by atomic mass is 9.87. The van der Waals surface area contributed by atoms with Crippen LogP contribution in [-0.2, 0) is 26.3 Å². The van der Waals surface area contributed by atoms with Crippen molar-refractivity contribution in [2.45, 2.75) is 77.4 Å². The molecule has 0 radical (unpaired) electrons. The van der Waals surface area contributed by atoms with Crippen molar-refractivity contribution in [1.82, 2.24) is 14.7 Å². The summed E-state index contributed by atoms with van der Waals surface area (Å²) in [4.78, 5) is 32.3. The van der Waals surface area contributed by atoms with Crippen LogP contribution in [0.4, 0.5) is 0 Å². The highest BCUT2D eigenvalue weighted by Gasteiger charge is 2.41. The Morgan fingerprint density at radius 3 is 2.12 bits per heavy atom. The molecule has 0 aliphatic carbocycles. The van der Waals surface area contributed by atoms with E-state index < -0.39 is 11.1 Å². The zero-order valence-electron chi connectivity index (χ0n) is 26.6. The molecule has 43 heavy (non-hydrogen) atoms. The number of piperazine rings is 1. The maximum absolute atomic E-state index is 13.8. The Kier molecular flexibility index (Phi) is 10.9. The van der Waals surface area contributed by atoms with Crippen molar-refractivity contribution in [2.24, 2.45) is 5.73 Å². The van der Waals surface area contributed by atoms with Gasteiger partial charge in [0.2, 0.25) is 11.8 Å². The van der Waals surface area contributed by atoms with Crippen LogP contribution < -0.4 is 5.73 Å². The molecule has 9 heteroatoms. The Bertz CT molecular complexity index is 1280. The first kappa shape index (κ1) is 33.7. The summed E-state index contributed by atoms with van der Waals surface area (Å²) in [6.07, 6.45) is 1.05. The van der Waals surface area contributed by atoms with E-state index in [2.05, 4.69) is 55.7 Å². The minimum absolute atomic E-state index is 0.102.